The second kappa shape index (κ2) is 9.15. The lowest BCUT2D eigenvalue weighted by Crippen LogP contribution is -2.29. The molecule has 0 aliphatic heterocycles. The van der Waals surface area contributed by atoms with Crippen LogP contribution in [0, 0.1) is 17.8 Å². The lowest BCUT2D eigenvalue weighted by Gasteiger charge is -2.25. The summed E-state index contributed by atoms with van der Waals surface area (Å²) in [5.74, 6) is 0.172. The van der Waals surface area contributed by atoms with E-state index in [0.717, 1.165) is 25.7 Å². The number of esters is 1. The number of ether oxygens (including phenoxy) is 1. The first kappa shape index (κ1) is 17.2. The molecule has 0 bridgehead atoms. The predicted octanol–water partition coefficient (Wildman–Crippen LogP) is 4.14. The topological polar surface area (TPSA) is 43.4 Å². The van der Waals surface area contributed by atoms with Crippen molar-refractivity contribution in [1.29, 1.82) is 0 Å². The fourth-order valence-electron chi connectivity index (χ4n) is 3.26. The van der Waals surface area contributed by atoms with Crippen LogP contribution in [0.5, 0.6) is 0 Å². The summed E-state index contributed by atoms with van der Waals surface area (Å²) in [6.07, 6.45) is 9.31. The van der Waals surface area contributed by atoms with Crippen molar-refractivity contribution in [2.75, 3.05) is 7.11 Å². The van der Waals surface area contributed by atoms with Crippen LogP contribution in [0.2, 0.25) is 0 Å². The Labute approximate surface area is 123 Å². The molecule has 0 aromatic carbocycles. The number of carbonyl (C=O) groups is 2. The number of rotatable bonds is 8. The van der Waals surface area contributed by atoms with Gasteiger partial charge in [0, 0.05) is 6.42 Å². The molecule has 20 heavy (non-hydrogen) atoms. The van der Waals surface area contributed by atoms with Crippen molar-refractivity contribution in [3.05, 3.63) is 0 Å². The third-order valence-electron chi connectivity index (χ3n) is 4.81. The highest BCUT2D eigenvalue weighted by atomic mass is 16.5. The molecule has 1 fully saturated rings. The van der Waals surface area contributed by atoms with Crippen molar-refractivity contribution in [1.82, 2.24) is 0 Å². The maximum Gasteiger partial charge on any atom is 0.316 e. The first-order chi connectivity index (χ1) is 9.62. The highest BCUT2D eigenvalue weighted by Crippen LogP contribution is 2.31. The quantitative estimate of drug-likeness (QED) is 0.496. The second-order valence-corrected chi connectivity index (χ2v) is 6.17. The van der Waals surface area contributed by atoms with Crippen molar-refractivity contribution in [2.24, 2.45) is 17.8 Å². The van der Waals surface area contributed by atoms with Crippen molar-refractivity contribution in [3.8, 4) is 0 Å². The minimum atomic E-state index is -0.524. The van der Waals surface area contributed by atoms with E-state index in [1.165, 1.54) is 26.4 Å². The molecule has 1 atom stereocenters. The number of hydrogen-bond acceptors (Lipinski definition) is 3. The molecule has 0 saturated heterocycles. The van der Waals surface area contributed by atoms with Crippen molar-refractivity contribution in [3.63, 3.8) is 0 Å². The molecular weight excluding hydrogens is 252 g/mol. The first-order valence-corrected chi connectivity index (χ1v) is 8.22. The summed E-state index contributed by atoms with van der Waals surface area (Å²) >= 11 is 0. The Bertz CT molecular complexity index is 301. The monoisotopic (exact) mass is 282 g/mol. The van der Waals surface area contributed by atoms with Crippen LogP contribution in [-0.4, -0.2) is 18.9 Å². The van der Waals surface area contributed by atoms with Gasteiger partial charge in [-0.3, -0.25) is 9.59 Å². The molecule has 1 aliphatic rings. The molecule has 0 heterocycles. The summed E-state index contributed by atoms with van der Waals surface area (Å²) in [6, 6.07) is 0. The zero-order chi connectivity index (χ0) is 15.0. The number of hydrogen-bond donors (Lipinski definition) is 0. The zero-order valence-corrected chi connectivity index (χ0v) is 13.3. The third-order valence-corrected chi connectivity index (χ3v) is 4.81. The van der Waals surface area contributed by atoms with Crippen molar-refractivity contribution in [2.45, 2.75) is 71.6 Å². The lowest BCUT2D eigenvalue weighted by atomic mass is 9.80. The summed E-state index contributed by atoms with van der Waals surface area (Å²) < 4.78 is 4.86. The summed E-state index contributed by atoms with van der Waals surface area (Å²) in [4.78, 5) is 24.4. The fraction of sp³-hybridized carbons (Fsp3) is 0.882. The van der Waals surface area contributed by atoms with Gasteiger partial charge in [-0.25, -0.2) is 0 Å². The fourth-order valence-corrected chi connectivity index (χ4v) is 3.26. The van der Waals surface area contributed by atoms with E-state index in [-0.39, 0.29) is 11.8 Å². The highest BCUT2D eigenvalue weighted by molar-refractivity contribution is 5.99. The standard InChI is InChI=1S/C17H30O3/c1-4-13(5-2)12-16(18)15(17(19)20-3)11-14-9-7-6-8-10-14/h13-15H,4-12H2,1-3H3. The van der Waals surface area contributed by atoms with Crippen LogP contribution in [0.4, 0.5) is 0 Å². The average Bonchev–Trinajstić information content (AvgIpc) is 2.50. The summed E-state index contributed by atoms with van der Waals surface area (Å²) in [5, 5.41) is 0. The Hall–Kier alpha value is -0.860. The van der Waals surface area contributed by atoms with Crippen molar-refractivity contribution < 1.29 is 14.3 Å². The van der Waals surface area contributed by atoms with E-state index in [0.29, 0.717) is 24.7 Å². The minimum Gasteiger partial charge on any atom is -0.468 e. The Morgan fingerprint density at radius 2 is 1.70 bits per heavy atom. The van der Waals surface area contributed by atoms with Crippen LogP contribution < -0.4 is 0 Å². The summed E-state index contributed by atoms with van der Waals surface area (Å²) in [7, 11) is 1.39. The van der Waals surface area contributed by atoms with Gasteiger partial charge in [-0.05, 0) is 18.3 Å². The number of Topliss-reactive ketones (excluding diaryl/α,β-unsaturated/α-hetero) is 1. The predicted molar refractivity (Wildman–Crippen MR) is 80.4 cm³/mol. The second-order valence-electron chi connectivity index (χ2n) is 6.17. The van der Waals surface area contributed by atoms with E-state index >= 15 is 0 Å². The molecule has 3 heteroatoms. The van der Waals surface area contributed by atoms with E-state index in [2.05, 4.69) is 13.8 Å². The SMILES string of the molecule is CCC(CC)CC(=O)C(CC1CCCCC1)C(=O)OC. The molecule has 0 aromatic heterocycles. The molecule has 3 nitrogen and oxygen atoms in total. The molecule has 1 aliphatic carbocycles. The number of methoxy groups -OCH3 is 1. The van der Waals surface area contributed by atoms with Gasteiger partial charge in [-0.15, -0.1) is 0 Å². The van der Waals surface area contributed by atoms with Crippen LogP contribution in [0.1, 0.15) is 71.6 Å². The van der Waals surface area contributed by atoms with E-state index in [1.807, 2.05) is 0 Å². The van der Waals surface area contributed by atoms with Gasteiger partial charge in [0.25, 0.3) is 0 Å². The molecule has 1 unspecified atom stereocenters. The first-order valence-electron chi connectivity index (χ1n) is 8.22. The third kappa shape index (κ3) is 5.26. The van der Waals surface area contributed by atoms with Crippen LogP contribution in [0.25, 0.3) is 0 Å². The zero-order valence-electron chi connectivity index (χ0n) is 13.3. The molecule has 0 radical (unpaired) electrons. The maximum atomic E-state index is 12.4. The van der Waals surface area contributed by atoms with Gasteiger partial charge in [-0.2, -0.15) is 0 Å². The van der Waals surface area contributed by atoms with Gasteiger partial charge in [0.15, 0.2) is 0 Å². The highest BCUT2D eigenvalue weighted by Gasteiger charge is 2.31. The Balaban J connectivity index is 2.62. The Morgan fingerprint density at radius 3 is 2.20 bits per heavy atom. The molecular formula is C17H30O3. The van der Waals surface area contributed by atoms with Crippen molar-refractivity contribution >= 4 is 11.8 Å². The maximum absolute atomic E-state index is 12.4. The summed E-state index contributed by atoms with van der Waals surface area (Å²) in [5.41, 5.74) is 0. The molecule has 0 amide bonds. The van der Waals surface area contributed by atoms with E-state index in [9.17, 15) is 9.59 Å². The van der Waals surface area contributed by atoms with E-state index < -0.39 is 5.92 Å². The number of ketones is 1. The van der Waals surface area contributed by atoms with Crippen LogP contribution in [-0.2, 0) is 14.3 Å². The van der Waals surface area contributed by atoms with Gasteiger partial charge < -0.3 is 4.74 Å². The van der Waals surface area contributed by atoms with Gasteiger partial charge in [0.2, 0.25) is 0 Å². The van der Waals surface area contributed by atoms with Gasteiger partial charge in [-0.1, -0.05) is 58.8 Å². The van der Waals surface area contributed by atoms with Gasteiger partial charge >= 0.3 is 5.97 Å². The minimum absolute atomic E-state index is 0.0936. The van der Waals surface area contributed by atoms with E-state index in [4.69, 9.17) is 4.74 Å². The summed E-state index contributed by atoms with van der Waals surface area (Å²) in [6.45, 7) is 4.21. The molecule has 0 spiro atoms. The van der Waals surface area contributed by atoms with Crippen LogP contribution in [0.3, 0.4) is 0 Å². The average molecular weight is 282 g/mol. The lowest BCUT2D eigenvalue weighted by molar-refractivity contribution is -0.150. The van der Waals surface area contributed by atoms with E-state index in [1.54, 1.807) is 0 Å². The molecule has 1 saturated carbocycles. The van der Waals surface area contributed by atoms with Gasteiger partial charge in [0.05, 0.1) is 7.11 Å². The van der Waals surface area contributed by atoms with Crippen LogP contribution in [0.15, 0.2) is 0 Å². The largest absolute Gasteiger partial charge is 0.468 e. The Morgan fingerprint density at radius 1 is 1.10 bits per heavy atom. The van der Waals surface area contributed by atoms with Gasteiger partial charge in [0.1, 0.15) is 11.7 Å². The smallest absolute Gasteiger partial charge is 0.316 e. The van der Waals surface area contributed by atoms with Crippen LogP contribution >= 0.6 is 0 Å². The molecule has 116 valence electrons. The Kier molecular flexibility index (Phi) is 7.86. The normalized spacial score (nSPS) is 18.0. The number of carbonyl (C=O) groups excluding carboxylic acids is 2. The molecule has 0 aromatic rings. The molecule has 1 rings (SSSR count). The molecule has 0 N–H and O–H groups in total.